The van der Waals surface area contributed by atoms with Crippen molar-refractivity contribution in [3.63, 3.8) is 0 Å². The number of aliphatic hydroxyl groups is 1. The Kier molecular flexibility index (Phi) is 7.30. The van der Waals surface area contributed by atoms with Gasteiger partial charge in [-0.3, -0.25) is 18.9 Å². The standard InChI is InChI=1S/C10H15F2N2O14P3/c1-10(12)6(15)5(26-8(10)14-2-4(11)7(16)13-9(14)17)3-25-30(21,22)28-31(23,24)27-29(18,19)20/h2,5-6,8,15H,3H2,1H3,(H,21,22)(H,23,24)(H,13,16,17)(H2,18,19,20)/t5-,6+,8-,10?/m1/s1. The van der Waals surface area contributed by atoms with Crippen LogP contribution < -0.4 is 11.2 Å². The molecule has 0 aromatic carbocycles. The van der Waals surface area contributed by atoms with Gasteiger partial charge in [-0.25, -0.2) is 22.9 Å². The molecule has 16 nitrogen and oxygen atoms in total. The van der Waals surface area contributed by atoms with Crippen molar-refractivity contribution in [2.45, 2.75) is 31.0 Å². The lowest BCUT2D eigenvalue weighted by atomic mass is 9.98. The van der Waals surface area contributed by atoms with E-state index >= 15 is 0 Å². The first-order valence-electron chi connectivity index (χ1n) is 7.66. The second-order valence-corrected chi connectivity index (χ2v) is 10.6. The minimum atomic E-state index is -5.81. The molecule has 178 valence electrons. The van der Waals surface area contributed by atoms with Crippen LogP contribution in [0.5, 0.6) is 0 Å². The number of ether oxygens (including phenoxy) is 1. The van der Waals surface area contributed by atoms with Gasteiger partial charge in [0.1, 0.15) is 12.2 Å². The van der Waals surface area contributed by atoms with Crippen molar-refractivity contribution >= 4 is 23.5 Å². The Bertz CT molecular complexity index is 1100. The van der Waals surface area contributed by atoms with Crippen LogP contribution in [0.1, 0.15) is 13.2 Å². The summed E-state index contributed by atoms with van der Waals surface area (Å²) in [4.78, 5) is 59.7. The number of aromatic amines is 1. The van der Waals surface area contributed by atoms with Crippen molar-refractivity contribution in [1.29, 1.82) is 0 Å². The highest BCUT2D eigenvalue weighted by atomic mass is 31.3. The van der Waals surface area contributed by atoms with Crippen LogP contribution in [0.15, 0.2) is 15.8 Å². The van der Waals surface area contributed by atoms with E-state index in [1.54, 1.807) is 0 Å². The number of halogens is 2. The first-order chi connectivity index (χ1) is 13.8. The average Bonchev–Trinajstić information content (AvgIpc) is 2.76. The number of aromatic nitrogens is 2. The number of phosphoric ester groups is 1. The molecule has 0 aliphatic carbocycles. The molecule has 31 heavy (non-hydrogen) atoms. The number of hydrogen-bond donors (Lipinski definition) is 6. The SMILES string of the molecule is CC1(F)[C@@H](O)[C@@H](COP(=O)(O)OP(=O)(O)OP(=O)(O)O)O[C@H]1n1cc(F)c(=O)[nH]c1=O. The predicted molar refractivity (Wildman–Crippen MR) is 90.5 cm³/mol. The number of phosphoric acid groups is 3. The minimum absolute atomic E-state index is 0.255. The van der Waals surface area contributed by atoms with E-state index in [1.165, 1.54) is 4.98 Å². The van der Waals surface area contributed by atoms with Crippen LogP contribution in [0, 0.1) is 5.82 Å². The fourth-order valence-electron chi connectivity index (χ4n) is 2.46. The molecule has 0 bridgehead atoms. The second-order valence-electron chi connectivity index (χ2n) is 6.15. The van der Waals surface area contributed by atoms with Gasteiger partial charge in [-0.1, -0.05) is 0 Å². The van der Waals surface area contributed by atoms with E-state index in [1.807, 2.05) is 0 Å². The third-order valence-electron chi connectivity index (χ3n) is 3.71. The molecule has 6 N–H and O–H groups in total. The van der Waals surface area contributed by atoms with Gasteiger partial charge < -0.3 is 29.4 Å². The average molecular weight is 518 g/mol. The molecule has 6 atom stereocenters. The molecular formula is C10H15F2N2O14P3. The molecule has 0 radical (unpaired) electrons. The Morgan fingerprint density at radius 1 is 1.19 bits per heavy atom. The molecule has 0 saturated carbocycles. The van der Waals surface area contributed by atoms with Gasteiger partial charge >= 0.3 is 29.2 Å². The van der Waals surface area contributed by atoms with Crippen LogP contribution in [0.2, 0.25) is 0 Å². The maximum Gasteiger partial charge on any atom is 0.490 e. The molecule has 1 saturated heterocycles. The second kappa shape index (κ2) is 8.67. The van der Waals surface area contributed by atoms with Gasteiger partial charge in [-0.2, -0.15) is 13.0 Å². The topological polar surface area (TPSA) is 244 Å². The summed E-state index contributed by atoms with van der Waals surface area (Å²) in [5, 5.41) is 10.0. The van der Waals surface area contributed by atoms with E-state index < -0.39 is 71.2 Å². The highest BCUT2D eigenvalue weighted by Gasteiger charge is 2.56. The first kappa shape index (κ1) is 26.1. The molecule has 2 rings (SSSR count). The van der Waals surface area contributed by atoms with Crippen molar-refractivity contribution < 1.29 is 65.0 Å². The molecule has 0 amide bonds. The van der Waals surface area contributed by atoms with Crippen molar-refractivity contribution in [1.82, 2.24) is 9.55 Å². The normalized spacial score (nSPS) is 30.6. The van der Waals surface area contributed by atoms with Crippen LogP contribution >= 0.6 is 23.5 Å². The zero-order chi connectivity index (χ0) is 24.0. The Balaban J connectivity index is 2.17. The van der Waals surface area contributed by atoms with Crippen molar-refractivity contribution in [2.24, 2.45) is 0 Å². The summed E-state index contributed by atoms with van der Waals surface area (Å²) in [5.41, 5.74) is -5.58. The minimum Gasteiger partial charge on any atom is -0.387 e. The third-order valence-corrected chi connectivity index (χ3v) is 7.51. The lowest BCUT2D eigenvalue weighted by Gasteiger charge is -2.24. The van der Waals surface area contributed by atoms with Gasteiger partial charge in [-0.15, -0.1) is 0 Å². The van der Waals surface area contributed by atoms with E-state index in [0.717, 1.165) is 0 Å². The van der Waals surface area contributed by atoms with Gasteiger partial charge in [0.2, 0.25) is 5.82 Å². The number of rotatable bonds is 8. The Hall–Kier alpha value is -1.13. The van der Waals surface area contributed by atoms with E-state index in [9.17, 15) is 42.1 Å². The van der Waals surface area contributed by atoms with Crippen LogP contribution in [-0.4, -0.2) is 58.7 Å². The first-order valence-corrected chi connectivity index (χ1v) is 12.2. The van der Waals surface area contributed by atoms with Crippen LogP contribution in [0.3, 0.4) is 0 Å². The molecule has 1 aromatic rings. The molecule has 21 heteroatoms. The summed E-state index contributed by atoms with van der Waals surface area (Å²) < 4.78 is 78.4. The fourth-order valence-corrected chi connectivity index (χ4v) is 5.49. The van der Waals surface area contributed by atoms with E-state index in [4.69, 9.17) is 19.4 Å². The quantitative estimate of drug-likeness (QED) is 0.226. The van der Waals surface area contributed by atoms with Gasteiger partial charge in [0, 0.05) is 0 Å². The maximum atomic E-state index is 14.9. The zero-order valence-corrected chi connectivity index (χ0v) is 17.7. The molecule has 0 spiro atoms. The van der Waals surface area contributed by atoms with Crippen LogP contribution in [0.4, 0.5) is 8.78 Å². The maximum absolute atomic E-state index is 14.9. The lowest BCUT2D eigenvalue weighted by molar-refractivity contribution is -0.0609. The molecule has 1 aromatic heterocycles. The van der Waals surface area contributed by atoms with Crippen LogP contribution in [-0.2, 0) is 31.6 Å². The Morgan fingerprint density at radius 2 is 1.77 bits per heavy atom. The Labute approximate surface area is 169 Å². The molecular weight excluding hydrogens is 503 g/mol. The summed E-state index contributed by atoms with van der Waals surface area (Å²) in [5.74, 6) is -1.50. The summed E-state index contributed by atoms with van der Waals surface area (Å²) in [6, 6.07) is 0. The fraction of sp³-hybridized carbons (Fsp3) is 0.600. The zero-order valence-electron chi connectivity index (χ0n) is 15.0. The lowest BCUT2D eigenvalue weighted by Crippen LogP contribution is -2.44. The number of aliphatic hydroxyl groups excluding tert-OH is 1. The summed E-state index contributed by atoms with van der Waals surface area (Å²) in [6.45, 7) is -0.524. The molecule has 1 fully saturated rings. The molecule has 3 unspecified atom stereocenters. The van der Waals surface area contributed by atoms with Crippen LogP contribution in [0.25, 0.3) is 0 Å². The van der Waals surface area contributed by atoms with E-state index in [0.29, 0.717) is 13.1 Å². The summed E-state index contributed by atoms with van der Waals surface area (Å²) in [6.07, 6.45) is -5.81. The van der Waals surface area contributed by atoms with Gasteiger partial charge in [0.05, 0.1) is 12.8 Å². The molecule has 1 aliphatic rings. The molecule has 2 heterocycles. The van der Waals surface area contributed by atoms with E-state index in [2.05, 4.69) is 13.1 Å². The van der Waals surface area contributed by atoms with Crippen molar-refractivity contribution in [3.05, 3.63) is 32.9 Å². The van der Waals surface area contributed by atoms with Gasteiger partial charge in [-0.05, 0) is 6.92 Å². The number of nitrogens with one attached hydrogen (secondary N) is 1. The van der Waals surface area contributed by atoms with Crippen molar-refractivity contribution in [2.75, 3.05) is 6.61 Å². The number of H-pyrrole nitrogens is 1. The predicted octanol–water partition coefficient (Wildman–Crippen LogP) is -0.995. The smallest absolute Gasteiger partial charge is 0.387 e. The number of hydrogen-bond acceptors (Lipinski definition) is 10. The third kappa shape index (κ3) is 6.44. The Morgan fingerprint density at radius 3 is 2.32 bits per heavy atom. The molecule has 1 aliphatic heterocycles. The largest absolute Gasteiger partial charge is 0.490 e. The van der Waals surface area contributed by atoms with Gasteiger partial charge in [0.25, 0.3) is 5.56 Å². The summed E-state index contributed by atoms with van der Waals surface area (Å²) >= 11 is 0. The van der Waals surface area contributed by atoms with Gasteiger partial charge in [0.15, 0.2) is 11.9 Å². The summed E-state index contributed by atoms with van der Waals surface area (Å²) in [7, 11) is -17.0. The monoisotopic (exact) mass is 518 g/mol. The number of alkyl halides is 1. The number of nitrogens with zero attached hydrogens (tertiary/aromatic N) is 1. The highest BCUT2D eigenvalue weighted by Crippen LogP contribution is 2.66. The highest BCUT2D eigenvalue weighted by molar-refractivity contribution is 7.66. The van der Waals surface area contributed by atoms with E-state index in [-0.39, 0.29) is 4.57 Å². The van der Waals surface area contributed by atoms with Crippen molar-refractivity contribution in [3.8, 4) is 0 Å².